The minimum absolute atomic E-state index is 0.0433. The van der Waals surface area contributed by atoms with Crippen molar-refractivity contribution in [1.29, 1.82) is 0 Å². The fourth-order valence-corrected chi connectivity index (χ4v) is 4.51. The molecule has 0 saturated carbocycles. The molecule has 0 spiro atoms. The number of nitrogen functional groups attached to an aromatic ring is 1. The summed E-state index contributed by atoms with van der Waals surface area (Å²) >= 11 is 12.2. The summed E-state index contributed by atoms with van der Waals surface area (Å²) in [5, 5.41) is 11.1. The number of phenolic OH excluding ortho intramolecular Hbond substituents is 1. The van der Waals surface area contributed by atoms with Gasteiger partial charge in [0.05, 0.1) is 5.02 Å². The molecule has 0 fully saturated rings. The third-order valence-corrected chi connectivity index (χ3v) is 6.82. The maximum Gasteiger partial charge on any atom is 0.166 e. The van der Waals surface area contributed by atoms with Crippen molar-refractivity contribution in [3.63, 3.8) is 0 Å². The average molecular weight is 469 g/mol. The van der Waals surface area contributed by atoms with E-state index < -0.39 is 19.1 Å². The number of halogens is 3. The third kappa shape index (κ3) is 4.56. The molecule has 9 heteroatoms. The number of nitrogens with two attached hydrogens (primary N) is 1. The normalized spacial score (nSPS) is 12.6. The van der Waals surface area contributed by atoms with E-state index in [-0.39, 0.29) is 32.9 Å². The van der Waals surface area contributed by atoms with Crippen LogP contribution in [-0.2, 0) is 4.57 Å². The fourth-order valence-electron chi connectivity index (χ4n) is 2.96. The molecule has 1 aromatic heterocycles. The first-order valence-electron chi connectivity index (χ1n) is 8.93. The minimum atomic E-state index is -2.52. The maximum absolute atomic E-state index is 13.9. The number of hydrogen-bond acceptors (Lipinski definition) is 5. The molecule has 3 aromatic rings. The van der Waals surface area contributed by atoms with Gasteiger partial charge < -0.3 is 20.1 Å². The molecule has 3 N–H and O–H groups in total. The standard InChI is InChI=1S/C21H20Cl2FN2O3P/c1-11(19-15(22)6-7-16(24)20(19)23)29-18-8-12(10-26-21(18)25)14-5-4-13(9-17(14)27)30(2,3)28/h4-11,27H,1-3H3,(H2,25,26). The van der Waals surface area contributed by atoms with Crippen LogP contribution in [0.3, 0.4) is 0 Å². The van der Waals surface area contributed by atoms with Crippen LogP contribution in [-0.4, -0.2) is 23.4 Å². The van der Waals surface area contributed by atoms with Gasteiger partial charge in [0.25, 0.3) is 0 Å². The van der Waals surface area contributed by atoms with Crippen LogP contribution in [0.5, 0.6) is 11.5 Å². The molecule has 2 aromatic carbocycles. The molecule has 158 valence electrons. The highest BCUT2D eigenvalue weighted by molar-refractivity contribution is 7.70. The highest BCUT2D eigenvalue weighted by atomic mass is 35.5. The first-order valence-corrected chi connectivity index (χ1v) is 12.3. The largest absolute Gasteiger partial charge is 0.507 e. The average Bonchev–Trinajstić information content (AvgIpc) is 2.66. The number of rotatable bonds is 5. The second-order valence-electron chi connectivity index (χ2n) is 7.18. The Morgan fingerprint density at radius 3 is 2.53 bits per heavy atom. The number of hydrogen-bond donors (Lipinski definition) is 2. The summed E-state index contributed by atoms with van der Waals surface area (Å²) in [6, 6.07) is 9.01. The highest BCUT2D eigenvalue weighted by Gasteiger charge is 2.21. The van der Waals surface area contributed by atoms with Crippen LogP contribution >= 0.6 is 30.3 Å². The van der Waals surface area contributed by atoms with E-state index >= 15 is 0 Å². The van der Waals surface area contributed by atoms with Crippen LogP contribution in [0, 0.1) is 5.82 Å². The zero-order chi connectivity index (χ0) is 22.2. The molecular weight excluding hydrogens is 449 g/mol. The van der Waals surface area contributed by atoms with Crippen molar-refractivity contribution < 1.29 is 18.8 Å². The molecule has 0 bridgehead atoms. The van der Waals surface area contributed by atoms with Gasteiger partial charge in [-0.25, -0.2) is 9.37 Å². The summed E-state index contributed by atoms with van der Waals surface area (Å²) in [5.41, 5.74) is 7.24. The monoisotopic (exact) mass is 468 g/mol. The van der Waals surface area contributed by atoms with Gasteiger partial charge in [0.2, 0.25) is 0 Å². The second kappa shape index (κ2) is 8.46. The Bertz CT molecular complexity index is 1170. The SMILES string of the molecule is CC(Oc1cc(-c2ccc(P(C)(C)=O)cc2O)cnc1N)c1c(Cl)ccc(F)c1Cl. The number of aromatic nitrogens is 1. The van der Waals surface area contributed by atoms with E-state index in [0.717, 1.165) is 0 Å². The quantitative estimate of drug-likeness (QED) is 0.361. The van der Waals surface area contributed by atoms with Crippen LogP contribution in [0.25, 0.3) is 11.1 Å². The first-order chi connectivity index (χ1) is 14.0. The molecule has 30 heavy (non-hydrogen) atoms. The highest BCUT2D eigenvalue weighted by Crippen LogP contribution is 2.40. The first kappa shape index (κ1) is 22.4. The van der Waals surface area contributed by atoms with Gasteiger partial charge in [0, 0.05) is 33.2 Å². The minimum Gasteiger partial charge on any atom is -0.507 e. The van der Waals surface area contributed by atoms with Gasteiger partial charge >= 0.3 is 0 Å². The molecule has 0 aliphatic rings. The molecule has 0 aliphatic heterocycles. The van der Waals surface area contributed by atoms with E-state index in [1.54, 1.807) is 38.5 Å². The topological polar surface area (TPSA) is 85.4 Å². The number of benzene rings is 2. The summed E-state index contributed by atoms with van der Waals surface area (Å²) in [6.07, 6.45) is 0.767. The fraction of sp³-hybridized carbons (Fsp3) is 0.190. The second-order valence-corrected chi connectivity index (χ2v) is 11.2. The number of nitrogens with zero attached hydrogens (tertiary/aromatic N) is 1. The van der Waals surface area contributed by atoms with Gasteiger partial charge in [-0.1, -0.05) is 29.3 Å². The van der Waals surface area contributed by atoms with E-state index in [1.807, 2.05) is 0 Å². The smallest absolute Gasteiger partial charge is 0.166 e. The number of ether oxygens (including phenoxy) is 1. The predicted octanol–water partition coefficient (Wildman–Crippen LogP) is 5.87. The van der Waals surface area contributed by atoms with Gasteiger partial charge in [-0.15, -0.1) is 0 Å². The van der Waals surface area contributed by atoms with E-state index in [9.17, 15) is 14.1 Å². The van der Waals surface area contributed by atoms with Crippen LogP contribution in [0.1, 0.15) is 18.6 Å². The number of anilines is 1. The molecule has 0 amide bonds. The maximum atomic E-state index is 13.9. The van der Waals surface area contributed by atoms with E-state index in [4.69, 9.17) is 33.7 Å². The van der Waals surface area contributed by atoms with Crippen LogP contribution in [0.4, 0.5) is 10.2 Å². The van der Waals surface area contributed by atoms with Crippen LogP contribution < -0.4 is 15.8 Å². The van der Waals surface area contributed by atoms with Gasteiger partial charge in [0.1, 0.15) is 24.8 Å². The van der Waals surface area contributed by atoms with Crippen molar-refractivity contribution >= 4 is 41.5 Å². The molecule has 0 radical (unpaired) electrons. The number of pyridine rings is 1. The van der Waals surface area contributed by atoms with Gasteiger partial charge in [-0.2, -0.15) is 0 Å². The Morgan fingerprint density at radius 1 is 1.20 bits per heavy atom. The Hall–Kier alpha value is -2.27. The Labute approximate surface area is 184 Å². The van der Waals surface area contributed by atoms with E-state index in [0.29, 0.717) is 16.4 Å². The summed E-state index contributed by atoms with van der Waals surface area (Å²) < 4.78 is 32.0. The molecule has 5 nitrogen and oxygen atoms in total. The summed E-state index contributed by atoms with van der Waals surface area (Å²) in [6.45, 7) is 4.91. The summed E-state index contributed by atoms with van der Waals surface area (Å²) in [7, 11) is -2.52. The van der Waals surface area contributed by atoms with Crippen LogP contribution in [0.2, 0.25) is 10.0 Å². The van der Waals surface area contributed by atoms with Crippen molar-refractivity contribution in [2.45, 2.75) is 13.0 Å². The van der Waals surface area contributed by atoms with Crippen molar-refractivity contribution in [3.05, 3.63) is 64.0 Å². The molecule has 1 heterocycles. The molecule has 1 unspecified atom stereocenters. The molecule has 1 atom stereocenters. The lowest BCUT2D eigenvalue weighted by Crippen LogP contribution is -2.08. The Morgan fingerprint density at radius 2 is 1.90 bits per heavy atom. The molecule has 0 saturated heterocycles. The summed E-state index contributed by atoms with van der Waals surface area (Å²) in [4.78, 5) is 4.12. The van der Waals surface area contributed by atoms with E-state index in [1.165, 1.54) is 24.4 Å². The third-order valence-electron chi connectivity index (χ3n) is 4.59. The lowest BCUT2D eigenvalue weighted by molar-refractivity contribution is 0.227. The summed E-state index contributed by atoms with van der Waals surface area (Å²) in [5.74, 6) is -0.327. The van der Waals surface area contributed by atoms with Crippen LogP contribution in [0.15, 0.2) is 42.6 Å². The van der Waals surface area contributed by atoms with Crippen molar-refractivity contribution in [1.82, 2.24) is 4.98 Å². The van der Waals surface area contributed by atoms with Crippen molar-refractivity contribution in [2.75, 3.05) is 19.1 Å². The van der Waals surface area contributed by atoms with Crippen molar-refractivity contribution in [2.24, 2.45) is 0 Å². The van der Waals surface area contributed by atoms with Crippen molar-refractivity contribution in [3.8, 4) is 22.6 Å². The van der Waals surface area contributed by atoms with Gasteiger partial charge in [-0.3, -0.25) is 0 Å². The predicted molar refractivity (Wildman–Crippen MR) is 120 cm³/mol. The lowest BCUT2D eigenvalue weighted by Gasteiger charge is -2.19. The zero-order valence-corrected chi connectivity index (χ0v) is 18.9. The number of phenols is 1. The van der Waals surface area contributed by atoms with Gasteiger partial charge in [0.15, 0.2) is 11.6 Å². The molecular formula is C21H20Cl2FN2O3P. The zero-order valence-electron chi connectivity index (χ0n) is 16.5. The molecule has 0 aliphatic carbocycles. The lowest BCUT2D eigenvalue weighted by atomic mass is 10.1. The Balaban J connectivity index is 1.97. The Kier molecular flexibility index (Phi) is 6.32. The van der Waals surface area contributed by atoms with E-state index in [2.05, 4.69) is 4.98 Å². The molecule has 3 rings (SSSR count). The number of aromatic hydroxyl groups is 1. The van der Waals surface area contributed by atoms with Gasteiger partial charge in [-0.05, 0) is 50.6 Å².